The van der Waals surface area contributed by atoms with Crippen molar-refractivity contribution in [3.8, 4) is 0 Å². The molecular formula is C23H25FN2O2. The maximum Gasteiger partial charge on any atom is 0.253 e. The molecule has 0 saturated carbocycles. The first-order valence-corrected chi connectivity index (χ1v) is 9.87. The molecule has 2 amide bonds. The molecule has 1 atom stereocenters. The smallest absolute Gasteiger partial charge is 0.253 e. The summed E-state index contributed by atoms with van der Waals surface area (Å²) in [6, 6.07) is 14.3. The van der Waals surface area contributed by atoms with Gasteiger partial charge in [0.2, 0.25) is 5.91 Å². The molecule has 1 aliphatic carbocycles. The lowest BCUT2D eigenvalue weighted by atomic mass is 9.73. The summed E-state index contributed by atoms with van der Waals surface area (Å²) in [4.78, 5) is 26.6. The fraction of sp³-hybridized carbons (Fsp3) is 0.391. The lowest BCUT2D eigenvalue weighted by Crippen LogP contribution is -2.44. The quantitative estimate of drug-likeness (QED) is 0.884. The van der Waals surface area contributed by atoms with Gasteiger partial charge in [0.15, 0.2) is 0 Å². The van der Waals surface area contributed by atoms with Crippen LogP contribution in [-0.4, -0.2) is 36.9 Å². The lowest BCUT2D eigenvalue weighted by Gasteiger charge is -2.40. The fourth-order valence-corrected chi connectivity index (χ4v) is 4.95. The number of fused-ring (bicyclic) bond motifs is 2. The van der Waals surface area contributed by atoms with E-state index in [9.17, 15) is 14.0 Å². The number of amides is 2. The van der Waals surface area contributed by atoms with Crippen LogP contribution < -0.4 is 5.32 Å². The monoisotopic (exact) mass is 380 g/mol. The van der Waals surface area contributed by atoms with E-state index in [0.717, 1.165) is 19.3 Å². The van der Waals surface area contributed by atoms with Gasteiger partial charge >= 0.3 is 0 Å². The molecular weight excluding hydrogens is 355 g/mol. The van der Waals surface area contributed by atoms with Crippen LogP contribution in [0.15, 0.2) is 48.5 Å². The van der Waals surface area contributed by atoms with Gasteiger partial charge in [-0.2, -0.15) is 0 Å². The predicted molar refractivity (Wildman–Crippen MR) is 106 cm³/mol. The summed E-state index contributed by atoms with van der Waals surface area (Å²) in [6.07, 6.45) is 3.19. The Balaban J connectivity index is 1.52. The average Bonchev–Trinajstić information content (AvgIpc) is 3.01. The Morgan fingerprint density at radius 2 is 1.89 bits per heavy atom. The third-order valence-electron chi connectivity index (χ3n) is 6.40. The topological polar surface area (TPSA) is 49.4 Å². The van der Waals surface area contributed by atoms with E-state index in [1.54, 1.807) is 19.2 Å². The lowest BCUT2D eigenvalue weighted by molar-refractivity contribution is -0.121. The third-order valence-corrected chi connectivity index (χ3v) is 6.40. The Morgan fingerprint density at radius 1 is 1.14 bits per heavy atom. The van der Waals surface area contributed by atoms with Crippen molar-refractivity contribution >= 4 is 11.8 Å². The molecule has 0 unspecified atom stereocenters. The molecule has 1 aliphatic heterocycles. The van der Waals surface area contributed by atoms with E-state index in [4.69, 9.17) is 0 Å². The van der Waals surface area contributed by atoms with Crippen LogP contribution >= 0.6 is 0 Å². The first kappa shape index (κ1) is 18.7. The highest BCUT2D eigenvalue weighted by atomic mass is 19.1. The zero-order chi connectivity index (χ0) is 19.7. The number of halogens is 1. The Bertz CT molecular complexity index is 903. The minimum absolute atomic E-state index is 0.0218. The summed E-state index contributed by atoms with van der Waals surface area (Å²) < 4.78 is 13.5. The summed E-state index contributed by atoms with van der Waals surface area (Å²) in [6.45, 7) is 1.30. The van der Waals surface area contributed by atoms with Gasteiger partial charge < -0.3 is 10.2 Å². The second-order valence-corrected chi connectivity index (χ2v) is 7.95. The van der Waals surface area contributed by atoms with Gasteiger partial charge in [0.25, 0.3) is 5.91 Å². The summed E-state index contributed by atoms with van der Waals surface area (Å²) in [5.41, 5.74) is 3.03. The number of piperidine rings is 1. The van der Waals surface area contributed by atoms with Gasteiger partial charge in [-0.15, -0.1) is 0 Å². The Morgan fingerprint density at radius 3 is 2.61 bits per heavy atom. The van der Waals surface area contributed by atoms with Crippen LogP contribution in [0.25, 0.3) is 0 Å². The van der Waals surface area contributed by atoms with Crippen LogP contribution in [0.2, 0.25) is 0 Å². The molecule has 0 aromatic heterocycles. The van der Waals surface area contributed by atoms with Crippen molar-refractivity contribution in [1.82, 2.24) is 10.2 Å². The van der Waals surface area contributed by atoms with Crippen LogP contribution in [0.1, 0.15) is 53.1 Å². The summed E-state index contributed by atoms with van der Waals surface area (Å²) in [5.74, 6) is -0.208. The van der Waals surface area contributed by atoms with E-state index in [0.29, 0.717) is 25.1 Å². The Hall–Kier alpha value is -2.69. The molecule has 1 saturated heterocycles. The standard InChI is InChI=1S/C23H25FN2O2/c1-25-21(27)14-17-15-23(20-8-3-2-7-19(17)20)9-11-26(12-10-23)22(28)16-5-4-6-18(24)13-16/h2-8,13,17H,9-12,14-15H2,1H3,(H,25,27)/t17-/m1/s1. The molecule has 1 fully saturated rings. The summed E-state index contributed by atoms with van der Waals surface area (Å²) in [7, 11) is 1.68. The average molecular weight is 380 g/mol. The number of hydrogen-bond acceptors (Lipinski definition) is 2. The van der Waals surface area contributed by atoms with E-state index in [1.807, 2.05) is 11.0 Å². The minimum atomic E-state index is -0.388. The fourth-order valence-electron chi connectivity index (χ4n) is 4.95. The normalized spacial score (nSPS) is 20.1. The van der Waals surface area contributed by atoms with Crippen molar-refractivity contribution in [3.05, 3.63) is 71.0 Å². The molecule has 2 aromatic rings. The van der Waals surface area contributed by atoms with E-state index in [-0.39, 0.29) is 29.0 Å². The molecule has 2 aromatic carbocycles. The van der Waals surface area contributed by atoms with E-state index >= 15 is 0 Å². The van der Waals surface area contributed by atoms with Crippen molar-refractivity contribution in [2.24, 2.45) is 0 Å². The number of carbonyl (C=O) groups is 2. The number of benzene rings is 2. The third kappa shape index (κ3) is 3.30. The molecule has 28 heavy (non-hydrogen) atoms. The number of nitrogens with one attached hydrogen (secondary N) is 1. The van der Waals surface area contributed by atoms with E-state index < -0.39 is 0 Å². The van der Waals surface area contributed by atoms with Crippen molar-refractivity contribution in [3.63, 3.8) is 0 Å². The van der Waals surface area contributed by atoms with Gasteiger partial charge in [-0.1, -0.05) is 30.3 Å². The van der Waals surface area contributed by atoms with Gasteiger partial charge in [0, 0.05) is 32.1 Å². The minimum Gasteiger partial charge on any atom is -0.359 e. The molecule has 4 nitrogen and oxygen atoms in total. The molecule has 2 aliphatic rings. The van der Waals surface area contributed by atoms with Gasteiger partial charge in [0.1, 0.15) is 5.82 Å². The largest absolute Gasteiger partial charge is 0.359 e. The maximum absolute atomic E-state index is 13.5. The van der Waals surface area contributed by atoms with Gasteiger partial charge in [0.05, 0.1) is 0 Å². The van der Waals surface area contributed by atoms with E-state index in [2.05, 4.69) is 23.5 Å². The summed E-state index contributed by atoms with van der Waals surface area (Å²) in [5, 5.41) is 2.74. The highest BCUT2D eigenvalue weighted by Gasteiger charge is 2.46. The van der Waals surface area contributed by atoms with Gasteiger partial charge in [-0.3, -0.25) is 9.59 Å². The van der Waals surface area contributed by atoms with Crippen molar-refractivity contribution < 1.29 is 14.0 Å². The molecule has 4 rings (SSSR count). The van der Waals surface area contributed by atoms with Crippen LogP contribution in [0.4, 0.5) is 4.39 Å². The second-order valence-electron chi connectivity index (χ2n) is 7.95. The molecule has 1 N–H and O–H groups in total. The first-order valence-electron chi connectivity index (χ1n) is 9.87. The Kier molecular flexibility index (Phi) is 4.92. The van der Waals surface area contributed by atoms with Crippen molar-refractivity contribution in [2.45, 2.75) is 37.0 Å². The van der Waals surface area contributed by atoms with E-state index in [1.165, 1.54) is 23.3 Å². The van der Waals surface area contributed by atoms with Crippen molar-refractivity contribution in [2.75, 3.05) is 20.1 Å². The molecule has 1 spiro atoms. The molecule has 0 bridgehead atoms. The number of likely N-dealkylation sites (tertiary alicyclic amines) is 1. The van der Waals surface area contributed by atoms with Gasteiger partial charge in [-0.05, 0) is 59.9 Å². The van der Waals surface area contributed by atoms with Crippen molar-refractivity contribution in [1.29, 1.82) is 0 Å². The summed E-state index contributed by atoms with van der Waals surface area (Å²) >= 11 is 0. The predicted octanol–water partition coefficient (Wildman–Crippen LogP) is 3.62. The molecule has 1 heterocycles. The zero-order valence-corrected chi connectivity index (χ0v) is 16.1. The molecule has 5 heteroatoms. The molecule has 146 valence electrons. The zero-order valence-electron chi connectivity index (χ0n) is 16.1. The number of carbonyl (C=O) groups excluding carboxylic acids is 2. The number of nitrogens with zero attached hydrogens (tertiary/aromatic N) is 1. The van der Waals surface area contributed by atoms with Gasteiger partial charge in [-0.25, -0.2) is 4.39 Å². The Labute approximate surface area is 164 Å². The SMILES string of the molecule is CNC(=O)C[C@@H]1CC2(CCN(C(=O)c3cccc(F)c3)CC2)c2ccccc21. The first-order chi connectivity index (χ1) is 13.5. The number of hydrogen-bond donors (Lipinski definition) is 1. The van der Waals surface area contributed by atoms with Crippen LogP contribution in [0.5, 0.6) is 0 Å². The maximum atomic E-state index is 13.5. The van der Waals surface area contributed by atoms with Crippen LogP contribution in [0.3, 0.4) is 0 Å². The van der Waals surface area contributed by atoms with Crippen LogP contribution in [-0.2, 0) is 10.2 Å². The number of rotatable bonds is 3. The van der Waals surface area contributed by atoms with Crippen LogP contribution in [0, 0.1) is 5.82 Å². The molecule has 0 radical (unpaired) electrons. The highest BCUT2D eigenvalue weighted by molar-refractivity contribution is 5.94. The second kappa shape index (κ2) is 7.38. The highest BCUT2D eigenvalue weighted by Crippen LogP contribution is 2.52.